The highest BCUT2D eigenvalue weighted by Crippen LogP contribution is 2.18. The second-order valence-corrected chi connectivity index (χ2v) is 5.16. The molecule has 1 aromatic heterocycles. The zero-order valence-electron chi connectivity index (χ0n) is 13.1. The van der Waals surface area contributed by atoms with Gasteiger partial charge in [0.15, 0.2) is 5.78 Å². The monoisotopic (exact) mass is 288 g/mol. The number of para-hydroxylation sites is 2. The fraction of sp³-hybridized carbons (Fsp3) is 0.529. The lowest BCUT2D eigenvalue weighted by Crippen LogP contribution is -2.26. The first-order chi connectivity index (χ1) is 10.2. The maximum atomic E-state index is 12.4. The first-order valence-corrected chi connectivity index (χ1v) is 7.79. The molecule has 0 bridgehead atoms. The van der Waals surface area contributed by atoms with Crippen molar-refractivity contribution in [3.8, 4) is 0 Å². The molecule has 2 rings (SSSR count). The summed E-state index contributed by atoms with van der Waals surface area (Å²) in [5, 5.41) is 0. The Morgan fingerprint density at radius 2 is 2.05 bits per heavy atom. The minimum atomic E-state index is -0.315. The molecule has 0 amide bonds. The Bertz CT molecular complexity index is 604. The number of Topliss-reactive ketones (excluding diaryl/α,β-unsaturated/α-hetero) is 1. The van der Waals surface area contributed by atoms with Gasteiger partial charge in [-0.3, -0.25) is 4.79 Å². The van der Waals surface area contributed by atoms with Gasteiger partial charge in [0, 0.05) is 13.2 Å². The van der Waals surface area contributed by atoms with Gasteiger partial charge in [-0.2, -0.15) is 0 Å². The van der Waals surface area contributed by atoms with Gasteiger partial charge in [-0.05, 0) is 31.9 Å². The van der Waals surface area contributed by atoms with E-state index < -0.39 is 0 Å². The minimum absolute atomic E-state index is 0.118. The number of aromatic nitrogens is 2. The average Bonchev–Trinajstić information content (AvgIpc) is 2.83. The number of carbonyl (C=O) groups excluding carboxylic acids is 1. The van der Waals surface area contributed by atoms with Crippen LogP contribution in [0.4, 0.5) is 0 Å². The number of rotatable bonds is 8. The van der Waals surface area contributed by atoms with Crippen LogP contribution in [0, 0.1) is 0 Å². The van der Waals surface area contributed by atoms with Crippen LogP contribution in [0.3, 0.4) is 0 Å². The van der Waals surface area contributed by atoms with Crippen LogP contribution in [0.2, 0.25) is 0 Å². The molecule has 1 atom stereocenters. The van der Waals surface area contributed by atoms with Crippen molar-refractivity contribution < 1.29 is 9.53 Å². The number of benzene rings is 1. The van der Waals surface area contributed by atoms with Crippen LogP contribution in [-0.2, 0) is 22.5 Å². The van der Waals surface area contributed by atoms with Gasteiger partial charge in [0.25, 0.3) is 0 Å². The van der Waals surface area contributed by atoms with E-state index in [1.165, 1.54) is 0 Å². The lowest BCUT2D eigenvalue weighted by molar-refractivity contribution is -0.129. The summed E-state index contributed by atoms with van der Waals surface area (Å²) < 4.78 is 7.67. The molecule has 1 aromatic carbocycles. The van der Waals surface area contributed by atoms with E-state index in [4.69, 9.17) is 4.74 Å². The number of hydrogen-bond donors (Lipinski definition) is 0. The average molecular weight is 288 g/mol. The highest BCUT2D eigenvalue weighted by molar-refractivity contribution is 5.86. The molecule has 0 fully saturated rings. The van der Waals surface area contributed by atoms with Gasteiger partial charge in [0.05, 0.1) is 17.5 Å². The molecule has 1 heterocycles. The minimum Gasteiger partial charge on any atom is -0.371 e. The van der Waals surface area contributed by atoms with Crippen LogP contribution in [0.1, 0.15) is 39.4 Å². The van der Waals surface area contributed by atoms with Crippen molar-refractivity contribution >= 4 is 16.8 Å². The molecule has 2 aromatic rings. The third-order valence-corrected chi connectivity index (χ3v) is 3.61. The smallest absolute Gasteiger partial charge is 0.169 e. The first kappa shape index (κ1) is 15.7. The molecule has 0 saturated carbocycles. The summed E-state index contributed by atoms with van der Waals surface area (Å²) in [7, 11) is 0. The quantitative estimate of drug-likeness (QED) is 0.748. The van der Waals surface area contributed by atoms with E-state index in [-0.39, 0.29) is 11.9 Å². The molecule has 0 spiro atoms. The van der Waals surface area contributed by atoms with Crippen molar-refractivity contribution in [1.82, 2.24) is 9.55 Å². The number of carbonyl (C=O) groups is 1. The summed E-state index contributed by atoms with van der Waals surface area (Å²) in [6, 6.07) is 8.05. The Morgan fingerprint density at radius 1 is 1.29 bits per heavy atom. The molecule has 114 valence electrons. The summed E-state index contributed by atoms with van der Waals surface area (Å²) in [6.07, 6.45) is 1.75. The Labute approximate surface area is 126 Å². The number of fused-ring (bicyclic) bond motifs is 1. The Morgan fingerprint density at radius 3 is 2.71 bits per heavy atom. The predicted octanol–water partition coefficient (Wildman–Crippen LogP) is 3.37. The first-order valence-electron chi connectivity index (χ1n) is 7.79. The molecule has 21 heavy (non-hydrogen) atoms. The van der Waals surface area contributed by atoms with E-state index in [0.29, 0.717) is 19.4 Å². The second-order valence-electron chi connectivity index (χ2n) is 5.16. The predicted molar refractivity (Wildman–Crippen MR) is 84.4 cm³/mol. The fourth-order valence-electron chi connectivity index (χ4n) is 2.64. The number of nitrogens with zero attached hydrogens (tertiary/aromatic N) is 2. The number of aryl methyl sites for hydroxylation is 1. The Balaban J connectivity index is 2.28. The SMILES string of the molecule is CCCn1c(CC(=O)C(CC)OCC)nc2ccccc21. The molecular weight excluding hydrogens is 264 g/mol. The van der Waals surface area contributed by atoms with Gasteiger partial charge in [0.1, 0.15) is 11.9 Å². The van der Waals surface area contributed by atoms with Crippen LogP contribution in [0.15, 0.2) is 24.3 Å². The van der Waals surface area contributed by atoms with E-state index in [9.17, 15) is 4.79 Å². The highest BCUT2D eigenvalue weighted by atomic mass is 16.5. The Hall–Kier alpha value is -1.68. The van der Waals surface area contributed by atoms with Gasteiger partial charge in [-0.15, -0.1) is 0 Å². The zero-order valence-corrected chi connectivity index (χ0v) is 13.1. The van der Waals surface area contributed by atoms with Crippen molar-refractivity contribution in [3.63, 3.8) is 0 Å². The third kappa shape index (κ3) is 3.50. The van der Waals surface area contributed by atoms with Crippen molar-refractivity contribution in [1.29, 1.82) is 0 Å². The summed E-state index contributed by atoms with van der Waals surface area (Å²) in [4.78, 5) is 17.0. The van der Waals surface area contributed by atoms with Gasteiger partial charge < -0.3 is 9.30 Å². The van der Waals surface area contributed by atoms with Crippen LogP contribution in [0.25, 0.3) is 11.0 Å². The van der Waals surface area contributed by atoms with Gasteiger partial charge >= 0.3 is 0 Å². The standard InChI is InChI=1S/C17H24N2O2/c1-4-11-19-14-10-8-7-9-13(14)18-17(19)12-15(20)16(5-2)21-6-3/h7-10,16H,4-6,11-12H2,1-3H3. The molecule has 4 nitrogen and oxygen atoms in total. The van der Waals surface area contributed by atoms with Crippen molar-refractivity contribution in [2.75, 3.05) is 6.61 Å². The molecule has 0 N–H and O–H groups in total. The molecule has 4 heteroatoms. The van der Waals surface area contributed by atoms with E-state index in [1.807, 2.05) is 32.0 Å². The molecule has 1 unspecified atom stereocenters. The number of ether oxygens (including phenoxy) is 1. The summed E-state index contributed by atoms with van der Waals surface area (Å²) in [5.41, 5.74) is 2.06. The van der Waals surface area contributed by atoms with Crippen molar-refractivity contribution in [2.24, 2.45) is 0 Å². The highest BCUT2D eigenvalue weighted by Gasteiger charge is 2.20. The largest absolute Gasteiger partial charge is 0.371 e. The number of ketones is 1. The molecule has 0 radical (unpaired) electrons. The van der Waals surface area contributed by atoms with Crippen molar-refractivity contribution in [2.45, 2.75) is 52.7 Å². The lowest BCUT2D eigenvalue weighted by atomic mass is 10.1. The molecule has 0 aliphatic carbocycles. The van der Waals surface area contributed by atoms with Crippen LogP contribution in [-0.4, -0.2) is 28.0 Å². The molecule has 0 aliphatic heterocycles. The van der Waals surface area contributed by atoms with Gasteiger partial charge in [0.2, 0.25) is 0 Å². The summed E-state index contributed by atoms with van der Waals surface area (Å²) in [5.74, 6) is 0.966. The van der Waals surface area contributed by atoms with E-state index in [1.54, 1.807) is 0 Å². The van der Waals surface area contributed by atoms with Gasteiger partial charge in [-0.25, -0.2) is 4.98 Å². The van der Waals surface area contributed by atoms with E-state index in [0.717, 1.165) is 29.8 Å². The maximum Gasteiger partial charge on any atom is 0.169 e. The van der Waals surface area contributed by atoms with Crippen molar-refractivity contribution in [3.05, 3.63) is 30.1 Å². The number of hydrogen-bond acceptors (Lipinski definition) is 3. The summed E-state index contributed by atoms with van der Waals surface area (Å²) >= 11 is 0. The molecule has 0 aliphatic rings. The summed E-state index contributed by atoms with van der Waals surface area (Å²) in [6.45, 7) is 7.48. The third-order valence-electron chi connectivity index (χ3n) is 3.61. The van der Waals surface area contributed by atoms with Crippen LogP contribution < -0.4 is 0 Å². The maximum absolute atomic E-state index is 12.4. The lowest BCUT2D eigenvalue weighted by Gasteiger charge is -2.14. The topological polar surface area (TPSA) is 44.1 Å². The Kier molecular flexibility index (Phi) is 5.51. The second kappa shape index (κ2) is 7.36. The normalized spacial score (nSPS) is 12.7. The van der Waals surface area contributed by atoms with E-state index in [2.05, 4.69) is 22.5 Å². The zero-order chi connectivity index (χ0) is 15.2. The molecular formula is C17H24N2O2. The number of imidazole rings is 1. The van der Waals surface area contributed by atoms with Gasteiger partial charge in [-0.1, -0.05) is 26.0 Å². The van der Waals surface area contributed by atoms with E-state index >= 15 is 0 Å². The van der Waals surface area contributed by atoms with Crippen LogP contribution in [0.5, 0.6) is 0 Å². The molecule has 0 saturated heterocycles. The van der Waals surface area contributed by atoms with Crippen LogP contribution >= 0.6 is 0 Å². The fourth-order valence-corrected chi connectivity index (χ4v) is 2.64.